The highest BCUT2D eigenvalue weighted by atomic mass is 31.2. The molecule has 0 amide bonds. The maximum Gasteiger partial charge on any atom is 0.391 e. The summed E-state index contributed by atoms with van der Waals surface area (Å²) in [5.41, 5.74) is 6.17. The molecule has 2 aromatic rings. The zero-order valence-electron chi connectivity index (χ0n) is 10.4. The fourth-order valence-electron chi connectivity index (χ4n) is 1.67. The summed E-state index contributed by atoms with van der Waals surface area (Å²) in [6.45, 7) is 0. The smallest absolute Gasteiger partial charge is 0.391 e. The topological polar surface area (TPSA) is 123 Å². The molecule has 0 spiro atoms. The number of nitrogens with two attached hydrogens (primary N) is 1. The van der Waals surface area contributed by atoms with Gasteiger partial charge in [0.1, 0.15) is 5.76 Å². The average Bonchev–Trinajstić information content (AvgIpc) is 2.86. The number of hydrogen-bond acceptors (Lipinski definition) is 5. The first kappa shape index (κ1) is 14.3. The number of ether oxygens (including phenoxy) is 1. The number of esters is 1. The van der Waals surface area contributed by atoms with Crippen molar-refractivity contribution in [3.63, 3.8) is 0 Å². The van der Waals surface area contributed by atoms with E-state index in [-0.39, 0.29) is 11.3 Å². The van der Waals surface area contributed by atoms with Crippen molar-refractivity contribution in [2.75, 3.05) is 12.8 Å². The molecule has 0 unspecified atom stereocenters. The van der Waals surface area contributed by atoms with Crippen LogP contribution in [0.2, 0.25) is 0 Å². The van der Waals surface area contributed by atoms with Gasteiger partial charge in [-0.1, -0.05) is 0 Å². The molecule has 1 heterocycles. The lowest BCUT2D eigenvalue weighted by molar-refractivity contribution is 0.0601. The maximum atomic E-state index is 11.5. The first-order valence-electron chi connectivity index (χ1n) is 5.46. The Kier molecular flexibility index (Phi) is 3.67. The van der Waals surface area contributed by atoms with Gasteiger partial charge in [0, 0.05) is 11.3 Å². The van der Waals surface area contributed by atoms with E-state index in [4.69, 9.17) is 19.9 Å². The number of carbonyl (C=O) groups excluding carboxylic acids is 1. The second-order valence-corrected chi connectivity index (χ2v) is 5.55. The van der Waals surface area contributed by atoms with E-state index in [0.717, 1.165) is 0 Å². The summed E-state index contributed by atoms with van der Waals surface area (Å²) in [5.74, 6) is -0.374. The Bertz CT molecular complexity index is 702. The lowest BCUT2D eigenvalue weighted by Crippen LogP contribution is -2.02. The van der Waals surface area contributed by atoms with Crippen molar-refractivity contribution in [3.8, 4) is 11.3 Å². The minimum Gasteiger partial charge on any atom is -0.465 e. The third-order valence-corrected chi connectivity index (χ3v) is 3.35. The average molecular weight is 297 g/mol. The quantitative estimate of drug-likeness (QED) is 0.440. The van der Waals surface area contributed by atoms with Gasteiger partial charge in [0.25, 0.3) is 0 Å². The van der Waals surface area contributed by atoms with Crippen LogP contribution in [0.1, 0.15) is 10.4 Å². The van der Waals surface area contributed by atoms with Gasteiger partial charge in [-0.15, -0.1) is 0 Å². The van der Waals surface area contributed by atoms with Crippen LogP contribution in [0.25, 0.3) is 11.3 Å². The van der Waals surface area contributed by atoms with Crippen molar-refractivity contribution >= 4 is 24.8 Å². The summed E-state index contributed by atoms with van der Waals surface area (Å²) in [7, 11) is -3.22. The van der Waals surface area contributed by atoms with Crippen molar-refractivity contribution in [2.24, 2.45) is 0 Å². The standard InChI is InChI=1S/C12H12NO6P/c1-18-12(14)8-4-7(5-9(13)6-8)10-2-3-11(19-10)20(15,16)17/h2-6H,13H2,1H3,(H2,15,16,17). The number of methoxy groups -OCH3 is 1. The molecule has 7 nitrogen and oxygen atoms in total. The molecule has 4 N–H and O–H groups in total. The molecule has 0 saturated heterocycles. The molecule has 1 aromatic heterocycles. The molecule has 2 rings (SSSR count). The van der Waals surface area contributed by atoms with Gasteiger partial charge in [-0.2, -0.15) is 0 Å². The summed E-state index contributed by atoms with van der Waals surface area (Å²) in [6.07, 6.45) is 0. The second kappa shape index (κ2) is 5.13. The molecule has 0 bridgehead atoms. The third-order valence-electron chi connectivity index (χ3n) is 2.54. The Morgan fingerprint density at radius 2 is 2.00 bits per heavy atom. The predicted molar refractivity (Wildman–Crippen MR) is 71.6 cm³/mol. The van der Waals surface area contributed by atoms with E-state index in [1.54, 1.807) is 0 Å². The Balaban J connectivity index is 2.48. The molecule has 20 heavy (non-hydrogen) atoms. The number of benzene rings is 1. The normalized spacial score (nSPS) is 11.3. The molecule has 0 radical (unpaired) electrons. The van der Waals surface area contributed by atoms with Crippen molar-refractivity contribution in [1.29, 1.82) is 0 Å². The predicted octanol–water partition coefficient (Wildman–Crippen LogP) is 1.12. The van der Waals surface area contributed by atoms with Crippen LogP contribution in [-0.2, 0) is 9.30 Å². The molecule has 0 aliphatic rings. The molecule has 0 atom stereocenters. The van der Waals surface area contributed by atoms with Crippen LogP contribution in [0.5, 0.6) is 0 Å². The van der Waals surface area contributed by atoms with Gasteiger partial charge in [0.2, 0.25) is 5.50 Å². The molecule has 0 fully saturated rings. The van der Waals surface area contributed by atoms with Crippen LogP contribution in [0, 0.1) is 0 Å². The molecule has 0 aliphatic heterocycles. The van der Waals surface area contributed by atoms with E-state index in [2.05, 4.69) is 4.74 Å². The maximum absolute atomic E-state index is 11.5. The molecule has 8 heteroatoms. The van der Waals surface area contributed by atoms with Crippen molar-refractivity contribution in [1.82, 2.24) is 0 Å². The molecule has 0 saturated carbocycles. The van der Waals surface area contributed by atoms with E-state index in [1.165, 1.54) is 37.4 Å². The monoisotopic (exact) mass is 297 g/mol. The van der Waals surface area contributed by atoms with E-state index < -0.39 is 19.1 Å². The summed E-state index contributed by atoms with van der Waals surface area (Å²) in [4.78, 5) is 29.5. The van der Waals surface area contributed by atoms with Crippen molar-refractivity contribution in [2.45, 2.75) is 0 Å². The van der Waals surface area contributed by atoms with Crippen molar-refractivity contribution < 1.29 is 28.3 Å². The van der Waals surface area contributed by atoms with Gasteiger partial charge in [0.15, 0.2) is 0 Å². The van der Waals surface area contributed by atoms with E-state index in [0.29, 0.717) is 11.3 Å². The molecular weight excluding hydrogens is 285 g/mol. The Morgan fingerprint density at radius 3 is 2.55 bits per heavy atom. The van der Waals surface area contributed by atoms with Crippen LogP contribution >= 0.6 is 7.60 Å². The van der Waals surface area contributed by atoms with Crippen LogP contribution in [0.3, 0.4) is 0 Å². The molecule has 106 valence electrons. The third kappa shape index (κ3) is 2.91. The molecular formula is C12H12NO6P. The number of anilines is 1. The van der Waals surface area contributed by atoms with Gasteiger partial charge < -0.3 is 24.7 Å². The Hall–Kier alpha value is -2.08. The number of hydrogen-bond donors (Lipinski definition) is 3. The highest BCUT2D eigenvalue weighted by Gasteiger charge is 2.22. The lowest BCUT2D eigenvalue weighted by atomic mass is 10.1. The van der Waals surface area contributed by atoms with E-state index >= 15 is 0 Å². The molecule has 1 aromatic carbocycles. The van der Waals surface area contributed by atoms with Crippen LogP contribution in [0.4, 0.5) is 5.69 Å². The van der Waals surface area contributed by atoms with Gasteiger partial charge in [-0.3, -0.25) is 4.57 Å². The van der Waals surface area contributed by atoms with E-state index in [1.807, 2.05) is 0 Å². The van der Waals surface area contributed by atoms with Gasteiger partial charge in [-0.25, -0.2) is 4.79 Å². The second-order valence-electron chi connectivity index (χ2n) is 4.02. The Labute approximate surface area is 114 Å². The number of nitrogen functional groups attached to an aromatic ring is 1. The first-order chi connectivity index (χ1) is 9.31. The lowest BCUT2D eigenvalue weighted by Gasteiger charge is -2.04. The van der Waals surface area contributed by atoms with Gasteiger partial charge in [-0.05, 0) is 30.3 Å². The van der Waals surface area contributed by atoms with Crippen molar-refractivity contribution in [3.05, 3.63) is 35.9 Å². The molecule has 0 aliphatic carbocycles. The number of furan rings is 1. The minimum absolute atomic E-state index is 0.195. The van der Waals surface area contributed by atoms with Gasteiger partial charge in [0.05, 0.1) is 12.7 Å². The number of carbonyl (C=O) groups is 1. The zero-order valence-corrected chi connectivity index (χ0v) is 11.3. The minimum atomic E-state index is -4.46. The fraction of sp³-hybridized carbons (Fsp3) is 0.0833. The van der Waals surface area contributed by atoms with E-state index in [9.17, 15) is 9.36 Å². The first-order valence-corrected chi connectivity index (χ1v) is 7.07. The van der Waals surface area contributed by atoms with Crippen LogP contribution < -0.4 is 11.2 Å². The van der Waals surface area contributed by atoms with Crippen LogP contribution in [0.15, 0.2) is 34.7 Å². The fourth-order valence-corrected chi connectivity index (χ4v) is 2.15. The summed E-state index contributed by atoms with van der Waals surface area (Å²) < 4.78 is 20.7. The Morgan fingerprint density at radius 1 is 1.30 bits per heavy atom. The zero-order chi connectivity index (χ0) is 14.9. The summed E-state index contributed by atoms with van der Waals surface area (Å²) in [6, 6.07) is 6.99. The summed E-state index contributed by atoms with van der Waals surface area (Å²) >= 11 is 0. The number of rotatable bonds is 3. The summed E-state index contributed by atoms with van der Waals surface area (Å²) in [5, 5.41) is 0. The van der Waals surface area contributed by atoms with Crippen LogP contribution in [-0.4, -0.2) is 22.9 Å². The highest BCUT2D eigenvalue weighted by molar-refractivity contribution is 7.59. The highest BCUT2D eigenvalue weighted by Crippen LogP contribution is 2.35. The van der Waals surface area contributed by atoms with Gasteiger partial charge >= 0.3 is 13.6 Å². The largest absolute Gasteiger partial charge is 0.465 e. The SMILES string of the molecule is COC(=O)c1cc(N)cc(-c2ccc(P(=O)(O)O)o2)c1.